The highest BCUT2D eigenvalue weighted by atomic mass is 79.9. The highest BCUT2D eigenvalue weighted by Crippen LogP contribution is 2.27. The van der Waals surface area contributed by atoms with Gasteiger partial charge in [0.2, 0.25) is 0 Å². The minimum atomic E-state index is -0.173. The van der Waals surface area contributed by atoms with Gasteiger partial charge in [-0.05, 0) is 69.3 Å². The lowest BCUT2D eigenvalue weighted by atomic mass is 9.82. The Bertz CT molecular complexity index is 401. The molecule has 0 radical (unpaired) electrons. The van der Waals surface area contributed by atoms with Crippen LogP contribution in [-0.2, 0) is 6.42 Å². The Labute approximate surface area is 125 Å². The molecule has 1 aromatic rings. The van der Waals surface area contributed by atoms with Gasteiger partial charge in [0, 0.05) is 10.0 Å². The fourth-order valence-corrected chi connectivity index (χ4v) is 2.64. The average molecular weight is 330 g/mol. The van der Waals surface area contributed by atoms with Crippen molar-refractivity contribution in [1.82, 2.24) is 5.32 Å². The summed E-state index contributed by atoms with van der Waals surface area (Å²) in [4.78, 5) is 0. The van der Waals surface area contributed by atoms with Crippen LogP contribution >= 0.6 is 15.9 Å². The molecule has 0 aliphatic rings. The Hall–Kier alpha value is -0.410. The van der Waals surface area contributed by atoms with E-state index in [0.29, 0.717) is 0 Å². The van der Waals surface area contributed by atoms with E-state index in [-0.39, 0.29) is 16.8 Å². The Balaban J connectivity index is 2.58. The van der Waals surface area contributed by atoms with Crippen LogP contribution in [0.2, 0.25) is 0 Å². The van der Waals surface area contributed by atoms with Crippen LogP contribution in [0.3, 0.4) is 0 Å². The highest BCUT2D eigenvalue weighted by Gasteiger charge is 2.20. The van der Waals surface area contributed by atoms with Crippen molar-refractivity contribution in [2.75, 3.05) is 6.54 Å². The Morgan fingerprint density at radius 3 is 2.26 bits per heavy atom. The molecule has 1 nitrogen and oxygen atoms in total. The Morgan fingerprint density at radius 1 is 1.11 bits per heavy atom. The molecular weight excluding hydrogens is 305 g/mol. The smallest absolute Gasteiger partial charge is 0.124 e. The van der Waals surface area contributed by atoms with Crippen molar-refractivity contribution in [3.63, 3.8) is 0 Å². The van der Waals surface area contributed by atoms with Crippen molar-refractivity contribution < 1.29 is 4.39 Å². The third kappa shape index (κ3) is 7.07. The molecule has 0 aromatic heterocycles. The molecule has 1 aromatic carbocycles. The third-order valence-electron chi connectivity index (χ3n) is 3.06. The molecule has 0 saturated heterocycles. The van der Waals surface area contributed by atoms with Gasteiger partial charge in [0.25, 0.3) is 0 Å². The zero-order valence-corrected chi connectivity index (χ0v) is 14.2. The first-order valence-corrected chi connectivity index (χ1v) is 7.57. The van der Waals surface area contributed by atoms with Gasteiger partial charge in [0.1, 0.15) is 5.82 Å². The molecule has 19 heavy (non-hydrogen) atoms. The lowest BCUT2D eigenvalue weighted by Gasteiger charge is -2.28. The lowest BCUT2D eigenvalue weighted by Crippen LogP contribution is -2.38. The molecule has 108 valence electrons. The van der Waals surface area contributed by atoms with Gasteiger partial charge < -0.3 is 5.32 Å². The predicted octanol–water partition coefficient (Wildman–Crippen LogP) is 4.94. The van der Waals surface area contributed by atoms with Crippen LogP contribution in [0.25, 0.3) is 0 Å². The monoisotopic (exact) mass is 329 g/mol. The molecule has 0 spiro atoms. The SMILES string of the molecule is CC(C)(CCNC(C)(C)C)Cc1cc(F)cc(Br)c1. The Morgan fingerprint density at radius 2 is 1.74 bits per heavy atom. The molecule has 0 bridgehead atoms. The number of benzene rings is 1. The molecule has 1 rings (SSSR count). The van der Waals surface area contributed by atoms with E-state index in [1.807, 2.05) is 6.07 Å². The van der Waals surface area contributed by atoms with E-state index < -0.39 is 0 Å². The fraction of sp³-hybridized carbons (Fsp3) is 0.625. The summed E-state index contributed by atoms with van der Waals surface area (Å²) < 4.78 is 14.2. The minimum Gasteiger partial charge on any atom is -0.312 e. The van der Waals surface area contributed by atoms with Crippen molar-refractivity contribution in [2.24, 2.45) is 5.41 Å². The van der Waals surface area contributed by atoms with Gasteiger partial charge in [0.15, 0.2) is 0 Å². The first kappa shape index (κ1) is 16.6. The second kappa shape index (κ2) is 6.36. The zero-order valence-electron chi connectivity index (χ0n) is 12.6. The normalized spacial score (nSPS) is 12.8. The van der Waals surface area contributed by atoms with E-state index >= 15 is 0 Å². The molecular formula is C16H25BrFN. The van der Waals surface area contributed by atoms with Gasteiger partial charge in [-0.2, -0.15) is 0 Å². The highest BCUT2D eigenvalue weighted by molar-refractivity contribution is 9.10. The first-order chi connectivity index (χ1) is 8.57. The van der Waals surface area contributed by atoms with Gasteiger partial charge in [-0.1, -0.05) is 29.8 Å². The molecule has 0 amide bonds. The number of hydrogen-bond donors (Lipinski definition) is 1. The maximum Gasteiger partial charge on any atom is 0.124 e. The summed E-state index contributed by atoms with van der Waals surface area (Å²) in [6, 6.07) is 5.13. The van der Waals surface area contributed by atoms with Gasteiger partial charge in [-0.25, -0.2) is 4.39 Å². The summed E-state index contributed by atoms with van der Waals surface area (Å²) in [5.74, 6) is -0.173. The van der Waals surface area contributed by atoms with E-state index in [0.717, 1.165) is 29.4 Å². The van der Waals surface area contributed by atoms with E-state index in [2.05, 4.69) is 55.9 Å². The number of nitrogens with one attached hydrogen (secondary N) is 1. The maximum atomic E-state index is 13.4. The summed E-state index contributed by atoms with van der Waals surface area (Å²) >= 11 is 3.35. The summed E-state index contributed by atoms with van der Waals surface area (Å²) in [6.07, 6.45) is 1.95. The van der Waals surface area contributed by atoms with Gasteiger partial charge in [0.05, 0.1) is 0 Å². The van der Waals surface area contributed by atoms with Crippen molar-refractivity contribution in [3.05, 3.63) is 34.1 Å². The molecule has 0 aliphatic carbocycles. The molecule has 0 heterocycles. The third-order valence-corrected chi connectivity index (χ3v) is 3.52. The van der Waals surface area contributed by atoms with E-state index in [9.17, 15) is 4.39 Å². The number of hydrogen-bond acceptors (Lipinski definition) is 1. The lowest BCUT2D eigenvalue weighted by molar-refractivity contribution is 0.302. The molecule has 3 heteroatoms. The second-order valence-electron chi connectivity index (χ2n) is 7.05. The van der Waals surface area contributed by atoms with Crippen molar-refractivity contribution >= 4 is 15.9 Å². The molecule has 0 aliphatic heterocycles. The summed E-state index contributed by atoms with van der Waals surface area (Å²) in [5.41, 5.74) is 1.36. The maximum absolute atomic E-state index is 13.4. The van der Waals surface area contributed by atoms with Crippen molar-refractivity contribution in [1.29, 1.82) is 0 Å². The van der Waals surface area contributed by atoms with Crippen LogP contribution in [0.15, 0.2) is 22.7 Å². The van der Waals surface area contributed by atoms with Crippen LogP contribution in [0.5, 0.6) is 0 Å². The van der Waals surface area contributed by atoms with E-state index in [4.69, 9.17) is 0 Å². The molecule has 0 fully saturated rings. The summed E-state index contributed by atoms with van der Waals surface area (Å²) in [6.45, 7) is 12.0. The second-order valence-corrected chi connectivity index (χ2v) is 7.96. The fourth-order valence-electron chi connectivity index (χ4n) is 2.13. The first-order valence-electron chi connectivity index (χ1n) is 6.77. The van der Waals surface area contributed by atoms with E-state index in [1.54, 1.807) is 6.07 Å². The summed E-state index contributed by atoms with van der Waals surface area (Å²) in [7, 11) is 0. The van der Waals surface area contributed by atoms with Crippen LogP contribution < -0.4 is 5.32 Å². The van der Waals surface area contributed by atoms with Gasteiger partial charge in [-0.3, -0.25) is 0 Å². The van der Waals surface area contributed by atoms with Crippen LogP contribution in [0.4, 0.5) is 4.39 Å². The van der Waals surface area contributed by atoms with Gasteiger partial charge >= 0.3 is 0 Å². The number of rotatable bonds is 5. The van der Waals surface area contributed by atoms with Crippen molar-refractivity contribution in [3.8, 4) is 0 Å². The van der Waals surface area contributed by atoms with Crippen LogP contribution in [0.1, 0.15) is 46.6 Å². The van der Waals surface area contributed by atoms with Crippen LogP contribution in [-0.4, -0.2) is 12.1 Å². The molecule has 0 unspecified atom stereocenters. The summed E-state index contributed by atoms with van der Waals surface area (Å²) in [5, 5.41) is 3.50. The van der Waals surface area contributed by atoms with Crippen LogP contribution in [0, 0.1) is 11.2 Å². The van der Waals surface area contributed by atoms with E-state index in [1.165, 1.54) is 6.07 Å². The predicted molar refractivity (Wildman–Crippen MR) is 84.0 cm³/mol. The zero-order chi connectivity index (χ0) is 14.7. The molecule has 1 N–H and O–H groups in total. The minimum absolute atomic E-state index is 0.151. The topological polar surface area (TPSA) is 12.0 Å². The largest absolute Gasteiger partial charge is 0.312 e. The average Bonchev–Trinajstić information content (AvgIpc) is 2.11. The van der Waals surface area contributed by atoms with Gasteiger partial charge in [-0.15, -0.1) is 0 Å². The number of halogens is 2. The Kier molecular flexibility index (Phi) is 5.57. The molecule has 0 saturated carbocycles. The quantitative estimate of drug-likeness (QED) is 0.807. The standard InChI is InChI=1S/C16H25BrFN/c1-15(2,3)19-7-6-16(4,5)11-12-8-13(17)10-14(18)9-12/h8-10,19H,6-7,11H2,1-5H3. The molecule has 0 atom stereocenters. The van der Waals surface area contributed by atoms with Crippen molar-refractivity contribution in [2.45, 2.75) is 53.0 Å².